The second-order valence-corrected chi connectivity index (χ2v) is 6.46. The molecule has 0 saturated carbocycles. The van der Waals surface area contributed by atoms with Crippen molar-refractivity contribution in [1.82, 2.24) is 0 Å². The van der Waals surface area contributed by atoms with E-state index < -0.39 is 0 Å². The van der Waals surface area contributed by atoms with E-state index in [0.717, 1.165) is 13.1 Å². The van der Waals surface area contributed by atoms with Gasteiger partial charge in [0.1, 0.15) is 0 Å². The summed E-state index contributed by atoms with van der Waals surface area (Å²) in [7, 11) is 0. The molecule has 21 heavy (non-hydrogen) atoms. The molecule has 0 radical (unpaired) electrons. The minimum atomic E-state index is 0.867. The summed E-state index contributed by atoms with van der Waals surface area (Å²) >= 11 is 1.79. The van der Waals surface area contributed by atoms with Gasteiger partial charge in [0.15, 0.2) is 0 Å². The molecule has 1 aliphatic heterocycles. The molecule has 1 aliphatic rings. The van der Waals surface area contributed by atoms with Crippen LogP contribution in [0, 0.1) is 0 Å². The smallest absolute Gasteiger partial charge is 0.0423 e. The molecule has 0 spiro atoms. The molecule has 0 saturated heterocycles. The molecule has 106 valence electrons. The van der Waals surface area contributed by atoms with Gasteiger partial charge in [0.2, 0.25) is 0 Å². The quantitative estimate of drug-likeness (QED) is 0.720. The average molecular weight is 294 g/mol. The Morgan fingerprint density at radius 3 is 3.14 bits per heavy atom. The molecule has 0 atom stereocenters. The summed E-state index contributed by atoms with van der Waals surface area (Å²) in [6.45, 7) is 1.96. The summed E-state index contributed by atoms with van der Waals surface area (Å²) in [5.74, 6) is 0. The lowest BCUT2D eigenvalue weighted by Gasteiger charge is -2.21. The zero-order valence-corrected chi connectivity index (χ0v) is 12.7. The Bertz CT molecular complexity index is 776. The largest absolute Gasteiger partial charge is 0.385 e. The number of thiophene rings is 1. The summed E-state index contributed by atoms with van der Waals surface area (Å²) in [4.78, 5) is 0. The lowest BCUT2D eigenvalue weighted by atomic mass is 9.99. The fraction of sp³-hybridized carbons (Fsp3) is 0.222. The first-order chi connectivity index (χ1) is 10.4. The third-order valence-corrected chi connectivity index (χ3v) is 4.99. The zero-order valence-electron chi connectivity index (χ0n) is 11.9. The SMILES string of the molecule is c1cc2c(c(CNc3ccc4sccc4c3)c1)NCCC2. The van der Waals surface area contributed by atoms with Crippen LogP contribution in [-0.4, -0.2) is 6.54 Å². The van der Waals surface area contributed by atoms with Gasteiger partial charge in [-0.1, -0.05) is 18.2 Å². The van der Waals surface area contributed by atoms with Gasteiger partial charge in [-0.3, -0.25) is 0 Å². The maximum Gasteiger partial charge on any atom is 0.0423 e. The van der Waals surface area contributed by atoms with E-state index in [-0.39, 0.29) is 0 Å². The maximum atomic E-state index is 3.56. The Morgan fingerprint density at radius 2 is 2.14 bits per heavy atom. The topological polar surface area (TPSA) is 24.1 Å². The number of nitrogens with one attached hydrogen (secondary N) is 2. The van der Waals surface area contributed by atoms with Gasteiger partial charge in [0.25, 0.3) is 0 Å². The number of aryl methyl sites for hydroxylation is 1. The van der Waals surface area contributed by atoms with Crippen LogP contribution < -0.4 is 10.6 Å². The van der Waals surface area contributed by atoms with Crippen LogP contribution in [0.1, 0.15) is 17.5 Å². The van der Waals surface area contributed by atoms with Crippen molar-refractivity contribution in [3.63, 3.8) is 0 Å². The van der Waals surface area contributed by atoms with Crippen LogP contribution >= 0.6 is 11.3 Å². The van der Waals surface area contributed by atoms with Gasteiger partial charge >= 0.3 is 0 Å². The zero-order chi connectivity index (χ0) is 14.1. The lowest BCUT2D eigenvalue weighted by Crippen LogP contribution is -2.14. The van der Waals surface area contributed by atoms with E-state index in [1.165, 1.54) is 45.4 Å². The Balaban J connectivity index is 1.56. The minimum absolute atomic E-state index is 0.867. The molecule has 0 amide bonds. The van der Waals surface area contributed by atoms with Gasteiger partial charge < -0.3 is 10.6 Å². The molecule has 2 aromatic carbocycles. The Labute approximate surface area is 128 Å². The van der Waals surface area contributed by atoms with Crippen molar-refractivity contribution in [1.29, 1.82) is 0 Å². The molecule has 2 N–H and O–H groups in total. The molecule has 1 aromatic heterocycles. The number of rotatable bonds is 3. The number of anilines is 2. The predicted molar refractivity (Wildman–Crippen MR) is 92.4 cm³/mol. The van der Waals surface area contributed by atoms with E-state index in [1.54, 1.807) is 11.3 Å². The van der Waals surface area contributed by atoms with Crippen molar-refractivity contribution < 1.29 is 0 Å². The van der Waals surface area contributed by atoms with Gasteiger partial charge in [-0.25, -0.2) is 0 Å². The maximum absolute atomic E-state index is 3.56. The highest BCUT2D eigenvalue weighted by molar-refractivity contribution is 7.17. The van der Waals surface area contributed by atoms with Crippen LogP contribution in [0.4, 0.5) is 11.4 Å². The highest BCUT2D eigenvalue weighted by Gasteiger charge is 2.11. The number of fused-ring (bicyclic) bond motifs is 2. The molecule has 0 aliphatic carbocycles. The molecule has 0 bridgehead atoms. The highest BCUT2D eigenvalue weighted by atomic mass is 32.1. The van der Waals surface area contributed by atoms with E-state index in [0.29, 0.717) is 0 Å². The lowest BCUT2D eigenvalue weighted by molar-refractivity contribution is 0.825. The summed E-state index contributed by atoms with van der Waals surface area (Å²) in [5.41, 5.74) is 5.34. The Morgan fingerprint density at radius 1 is 1.14 bits per heavy atom. The molecule has 3 heteroatoms. The van der Waals surface area contributed by atoms with E-state index in [9.17, 15) is 0 Å². The average Bonchev–Trinajstić information content (AvgIpc) is 3.00. The number of hydrogen-bond acceptors (Lipinski definition) is 3. The van der Waals surface area contributed by atoms with Crippen LogP contribution in [0.25, 0.3) is 10.1 Å². The van der Waals surface area contributed by atoms with Crippen LogP contribution in [0.2, 0.25) is 0 Å². The molecule has 0 fully saturated rings. The predicted octanol–water partition coefficient (Wildman–Crippen LogP) is 4.87. The van der Waals surface area contributed by atoms with Crippen molar-refractivity contribution in [3.05, 3.63) is 59.0 Å². The monoisotopic (exact) mass is 294 g/mol. The molecule has 0 unspecified atom stereocenters. The van der Waals surface area contributed by atoms with Crippen LogP contribution in [0.5, 0.6) is 0 Å². The fourth-order valence-corrected chi connectivity index (χ4v) is 3.77. The van der Waals surface area contributed by atoms with Crippen molar-refractivity contribution in [2.45, 2.75) is 19.4 Å². The van der Waals surface area contributed by atoms with Crippen molar-refractivity contribution in [2.24, 2.45) is 0 Å². The van der Waals surface area contributed by atoms with Crippen LogP contribution in [-0.2, 0) is 13.0 Å². The third kappa shape index (κ3) is 2.49. The third-order valence-electron chi connectivity index (χ3n) is 4.10. The second kappa shape index (κ2) is 5.41. The number of para-hydroxylation sites is 1. The van der Waals surface area contributed by atoms with Gasteiger partial charge in [0.05, 0.1) is 0 Å². The van der Waals surface area contributed by atoms with E-state index in [2.05, 4.69) is 58.5 Å². The van der Waals surface area contributed by atoms with Gasteiger partial charge in [0, 0.05) is 29.2 Å². The van der Waals surface area contributed by atoms with E-state index in [4.69, 9.17) is 0 Å². The van der Waals surface area contributed by atoms with Crippen molar-refractivity contribution in [2.75, 3.05) is 17.2 Å². The molecule has 2 nitrogen and oxygen atoms in total. The minimum Gasteiger partial charge on any atom is -0.385 e. The van der Waals surface area contributed by atoms with Crippen LogP contribution in [0.3, 0.4) is 0 Å². The van der Waals surface area contributed by atoms with Crippen molar-refractivity contribution >= 4 is 32.8 Å². The fourth-order valence-electron chi connectivity index (χ4n) is 3.00. The Hall–Kier alpha value is -2.00. The first kappa shape index (κ1) is 12.7. The second-order valence-electron chi connectivity index (χ2n) is 5.51. The van der Waals surface area contributed by atoms with Crippen LogP contribution in [0.15, 0.2) is 47.8 Å². The number of benzene rings is 2. The summed E-state index contributed by atoms with van der Waals surface area (Å²) in [6.07, 6.45) is 2.43. The summed E-state index contributed by atoms with van der Waals surface area (Å²) in [5, 5.41) is 10.6. The number of hydrogen-bond donors (Lipinski definition) is 2. The molecular formula is C18H18N2S. The molecule has 2 heterocycles. The van der Waals surface area contributed by atoms with E-state index >= 15 is 0 Å². The molecule has 4 rings (SSSR count). The Kier molecular flexibility index (Phi) is 3.28. The van der Waals surface area contributed by atoms with Gasteiger partial charge in [-0.15, -0.1) is 11.3 Å². The summed E-state index contributed by atoms with van der Waals surface area (Å²) < 4.78 is 1.35. The normalized spacial score (nSPS) is 13.7. The molecule has 3 aromatic rings. The van der Waals surface area contributed by atoms with Crippen molar-refractivity contribution in [3.8, 4) is 0 Å². The summed E-state index contributed by atoms with van der Waals surface area (Å²) in [6, 6.07) is 15.4. The van der Waals surface area contributed by atoms with E-state index in [1.807, 2.05) is 0 Å². The standard InChI is InChI=1S/C18H18N2S/c1-3-13-5-2-9-19-18(13)15(4-1)12-20-16-6-7-17-14(11-16)8-10-21-17/h1,3-4,6-8,10-11,19-20H,2,5,9,12H2. The van der Waals surface area contributed by atoms with Gasteiger partial charge in [-0.05, 0) is 59.0 Å². The first-order valence-electron chi connectivity index (χ1n) is 7.46. The van der Waals surface area contributed by atoms with Gasteiger partial charge in [-0.2, -0.15) is 0 Å². The highest BCUT2D eigenvalue weighted by Crippen LogP contribution is 2.28. The molecular weight excluding hydrogens is 276 g/mol. The first-order valence-corrected chi connectivity index (χ1v) is 8.34.